The van der Waals surface area contributed by atoms with E-state index in [4.69, 9.17) is 23.2 Å². The van der Waals surface area contributed by atoms with Crippen molar-refractivity contribution < 1.29 is 4.79 Å². The van der Waals surface area contributed by atoms with Crippen LogP contribution in [0.25, 0.3) is 0 Å². The fourth-order valence-electron chi connectivity index (χ4n) is 1.56. The number of hydrogen-bond donors (Lipinski definition) is 1. The monoisotopic (exact) mass is 259 g/mol. The van der Waals surface area contributed by atoms with Crippen molar-refractivity contribution in [2.24, 2.45) is 5.92 Å². The number of carbonyl (C=O) groups is 1. The van der Waals surface area contributed by atoms with Gasteiger partial charge in [0.2, 0.25) is 0 Å². The van der Waals surface area contributed by atoms with Crippen LogP contribution in [0.15, 0.2) is 18.2 Å². The molecule has 0 heterocycles. The van der Waals surface area contributed by atoms with Crippen LogP contribution in [0.2, 0.25) is 10.0 Å². The zero-order valence-electron chi connectivity index (χ0n) is 9.39. The summed E-state index contributed by atoms with van der Waals surface area (Å²) >= 11 is 11.8. The molecule has 1 aromatic carbocycles. The van der Waals surface area contributed by atoms with Crippen LogP contribution < -0.4 is 5.32 Å². The lowest BCUT2D eigenvalue weighted by Crippen LogP contribution is -2.26. The molecule has 1 atom stereocenters. The van der Waals surface area contributed by atoms with Gasteiger partial charge in [-0.15, -0.1) is 0 Å². The first kappa shape index (κ1) is 13.5. The molecule has 1 unspecified atom stereocenters. The highest BCUT2D eigenvalue weighted by atomic mass is 35.5. The first-order chi connectivity index (χ1) is 7.54. The van der Waals surface area contributed by atoms with Crippen molar-refractivity contribution in [3.8, 4) is 0 Å². The molecule has 1 aromatic rings. The van der Waals surface area contributed by atoms with Crippen LogP contribution >= 0.6 is 23.2 Å². The molecule has 0 aliphatic carbocycles. The summed E-state index contributed by atoms with van der Waals surface area (Å²) in [6.45, 7) is 2.29. The van der Waals surface area contributed by atoms with E-state index in [2.05, 4.69) is 5.32 Å². The molecule has 0 amide bonds. The summed E-state index contributed by atoms with van der Waals surface area (Å²) < 4.78 is 0. The minimum Gasteiger partial charge on any atom is -0.319 e. The predicted molar refractivity (Wildman–Crippen MR) is 68.3 cm³/mol. The first-order valence-electron chi connectivity index (χ1n) is 5.13. The van der Waals surface area contributed by atoms with Gasteiger partial charge in [-0.3, -0.25) is 4.79 Å². The molecule has 0 saturated heterocycles. The highest BCUT2D eigenvalue weighted by Gasteiger charge is 2.14. The fourth-order valence-corrected chi connectivity index (χ4v) is 1.88. The van der Waals surface area contributed by atoms with Crippen LogP contribution in [0.5, 0.6) is 0 Å². The Morgan fingerprint density at radius 3 is 2.56 bits per heavy atom. The normalized spacial score (nSPS) is 12.5. The second kappa shape index (κ2) is 6.24. The van der Waals surface area contributed by atoms with Gasteiger partial charge in [-0.25, -0.2) is 0 Å². The van der Waals surface area contributed by atoms with Crippen molar-refractivity contribution in [3.05, 3.63) is 33.8 Å². The molecule has 1 rings (SSSR count). The molecule has 0 fully saturated rings. The molecule has 88 valence electrons. The lowest BCUT2D eigenvalue weighted by Gasteiger charge is -2.13. The first-order valence-corrected chi connectivity index (χ1v) is 5.89. The molecule has 0 saturated carbocycles. The van der Waals surface area contributed by atoms with E-state index in [1.54, 1.807) is 13.0 Å². The second-order valence-corrected chi connectivity index (χ2v) is 4.63. The van der Waals surface area contributed by atoms with E-state index in [1.165, 1.54) is 0 Å². The maximum Gasteiger partial charge on any atom is 0.134 e. The quantitative estimate of drug-likeness (QED) is 0.881. The molecule has 1 N–H and O–H groups in total. The van der Waals surface area contributed by atoms with Gasteiger partial charge >= 0.3 is 0 Å². The molecular formula is C12H15Cl2NO. The van der Waals surface area contributed by atoms with E-state index < -0.39 is 0 Å². The zero-order valence-corrected chi connectivity index (χ0v) is 10.9. The van der Waals surface area contributed by atoms with Gasteiger partial charge in [0.15, 0.2) is 0 Å². The third kappa shape index (κ3) is 3.78. The Hall–Kier alpha value is -0.570. The molecule has 0 spiro atoms. The van der Waals surface area contributed by atoms with Crippen LogP contribution in [-0.2, 0) is 11.2 Å². The van der Waals surface area contributed by atoms with E-state index in [0.717, 1.165) is 5.56 Å². The third-order valence-corrected chi connectivity index (χ3v) is 3.23. The van der Waals surface area contributed by atoms with Crippen molar-refractivity contribution in [2.75, 3.05) is 13.6 Å². The van der Waals surface area contributed by atoms with E-state index in [0.29, 0.717) is 23.0 Å². The smallest absolute Gasteiger partial charge is 0.134 e. The lowest BCUT2D eigenvalue weighted by molar-refractivity contribution is -0.120. The van der Waals surface area contributed by atoms with Crippen molar-refractivity contribution in [3.63, 3.8) is 0 Å². The predicted octanol–water partition coefficient (Wildman–Crippen LogP) is 2.96. The minimum atomic E-state index is -0.0118. The van der Waals surface area contributed by atoms with Gasteiger partial charge in [0.1, 0.15) is 5.78 Å². The SMILES string of the molecule is CNCC(Cc1ccc(Cl)c(Cl)c1)C(C)=O. The number of hydrogen-bond acceptors (Lipinski definition) is 2. The van der Waals surface area contributed by atoms with Gasteiger partial charge in [0.05, 0.1) is 10.0 Å². The second-order valence-electron chi connectivity index (χ2n) is 3.82. The molecule has 4 heteroatoms. The Balaban J connectivity index is 2.77. The van der Waals surface area contributed by atoms with Gasteiger partial charge in [-0.05, 0) is 38.1 Å². The van der Waals surface area contributed by atoms with Gasteiger partial charge < -0.3 is 5.32 Å². The molecule has 16 heavy (non-hydrogen) atoms. The number of benzene rings is 1. The Bertz CT molecular complexity index is 379. The summed E-state index contributed by atoms with van der Waals surface area (Å²) in [6.07, 6.45) is 0.688. The standard InChI is InChI=1S/C12H15Cl2NO/c1-8(16)10(7-15-2)5-9-3-4-11(13)12(14)6-9/h3-4,6,10,15H,5,7H2,1-2H3. The summed E-state index contributed by atoms with van der Waals surface area (Å²) in [6, 6.07) is 5.48. The summed E-state index contributed by atoms with van der Waals surface area (Å²) in [5.41, 5.74) is 1.03. The summed E-state index contributed by atoms with van der Waals surface area (Å²) in [7, 11) is 1.84. The van der Waals surface area contributed by atoms with Gasteiger partial charge in [0, 0.05) is 12.5 Å². The minimum absolute atomic E-state index is 0.0118. The van der Waals surface area contributed by atoms with E-state index in [1.807, 2.05) is 19.2 Å². The molecule has 0 radical (unpaired) electrons. The van der Waals surface area contributed by atoms with Gasteiger partial charge in [0.25, 0.3) is 0 Å². The highest BCUT2D eigenvalue weighted by Crippen LogP contribution is 2.23. The molecular weight excluding hydrogens is 245 g/mol. The third-order valence-electron chi connectivity index (χ3n) is 2.49. The Morgan fingerprint density at radius 2 is 2.06 bits per heavy atom. The number of nitrogens with one attached hydrogen (secondary N) is 1. The number of carbonyl (C=O) groups excluding carboxylic acids is 1. The topological polar surface area (TPSA) is 29.1 Å². The Kier molecular flexibility index (Phi) is 5.26. The van der Waals surface area contributed by atoms with Gasteiger partial charge in [-0.1, -0.05) is 29.3 Å². The average molecular weight is 260 g/mol. The summed E-state index contributed by atoms with van der Waals surface area (Å²) in [5.74, 6) is 0.169. The number of ketones is 1. The molecule has 2 nitrogen and oxygen atoms in total. The lowest BCUT2D eigenvalue weighted by atomic mass is 9.96. The molecule has 0 bridgehead atoms. The van der Waals surface area contributed by atoms with Crippen LogP contribution in [0.1, 0.15) is 12.5 Å². The molecule has 0 aliphatic rings. The van der Waals surface area contributed by atoms with Crippen LogP contribution in [0.3, 0.4) is 0 Å². The largest absolute Gasteiger partial charge is 0.319 e. The summed E-state index contributed by atoms with van der Waals surface area (Å²) in [5, 5.41) is 4.09. The van der Waals surface area contributed by atoms with E-state index in [-0.39, 0.29) is 11.7 Å². The average Bonchev–Trinajstić information content (AvgIpc) is 2.22. The number of rotatable bonds is 5. The van der Waals surface area contributed by atoms with Crippen LogP contribution in [-0.4, -0.2) is 19.4 Å². The number of halogens is 2. The van der Waals surface area contributed by atoms with Crippen LogP contribution in [0.4, 0.5) is 0 Å². The molecule has 0 aliphatic heterocycles. The fraction of sp³-hybridized carbons (Fsp3) is 0.417. The molecule has 0 aromatic heterocycles. The Morgan fingerprint density at radius 1 is 1.38 bits per heavy atom. The van der Waals surface area contributed by atoms with Gasteiger partial charge in [-0.2, -0.15) is 0 Å². The Labute approximate surface area is 106 Å². The van der Waals surface area contributed by atoms with Crippen molar-refractivity contribution >= 4 is 29.0 Å². The van der Waals surface area contributed by atoms with E-state index >= 15 is 0 Å². The van der Waals surface area contributed by atoms with E-state index in [9.17, 15) is 4.79 Å². The zero-order chi connectivity index (χ0) is 12.1. The highest BCUT2D eigenvalue weighted by molar-refractivity contribution is 6.42. The maximum atomic E-state index is 11.4. The van der Waals surface area contributed by atoms with Crippen molar-refractivity contribution in [2.45, 2.75) is 13.3 Å². The van der Waals surface area contributed by atoms with Crippen molar-refractivity contribution in [1.82, 2.24) is 5.32 Å². The van der Waals surface area contributed by atoms with Crippen LogP contribution in [0, 0.1) is 5.92 Å². The maximum absolute atomic E-state index is 11.4. The van der Waals surface area contributed by atoms with Crippen molar-refractivity contribution in [1.29, 1.82) is 0 Å². The number of Topliss-reactive ketones (excluding diaryl/α,β-unsaturated/α-hetero) is 1. The summed E-state index contributed by atoms with van der Waals surface area (Å²) in [4.78, 5) is 11.4.